The summed E-state index contributed by atoms with van der Waals surface area (Å²) in [5, 5.41) is 1.29. The Morgan fingerprint density at radius 2 is 2.00 bits per heavy atom. The Kier molecular flexibility index (Phi) is 6.88. The first-order valence-corrected chi connectivity index (χ1v) is 10.7. The molecule has 29 heavy (non-hydrogen) atoms. The van der Waals surface area contributed by atoms with Gasteiger partial charge in [0, 0.05) is 35.4 Å². The SMILES string of the molecule is Clc1ccc(CC(OC2CCCC(Cn3ccnc3)O2)c2ccccc2)c(Cl)c1. The molecule has 2 aromatic carbocycles. The van der Waals surface area contributed by atoms with Crippen molar-refractivity contribution in [3.63, 3.8) is 0 Å². The molecule has 4 rings (SSSR count). The van der Waals surface area contributed by atoms with Gasteiger partial charge in [-0.05, 0) is 42.5 Å². The molecule has 0 saturated carbocycles. The van der Waals surface area contributed by atoms with Crippen molar-refractivity contribution in [3.8, 4) is 0 Å². The normalized spacial score (nSPS) is 20.5. The molecular formula is C23H24Cl2N2O2. The van der Waals surface area contributed by atoms with Crippen molar-refractivity contribution in [2.45, 2.75) is 50.7 Å². The molecule has 0 N–H and O–H groups in total. The van der Waals surface area contributed by atoms with Gasteiger partial charge in [0.15, 0.2) is 6.29 Å². The van der Waals surface area contributed by atoms with Crippen LogP contribution in [0.1, 0.15) is 36.5 Å². The Hall–Kier alpha value is -1.85. The maximum absolute atomic E-state index is 6.48. The predicted octanol–water partition coefficient (Wildman–Crippen LogP) is 6.09. The molecular weight excluding hydrogens is 407 g/mol. The first-order chi connectivity index (χ1) is 14.2. The van der Waals surface area contributed by atoms with Gasteiger partial charge in [-0.15, -0.1) is 0 Å². The standard InChI is InChI=1S/C23H24Cl2N2O2/c24-19-10-9-18(21(25)14-19)13-22(17-5-2-1-3-6-17)29-23-8-4-7-20(28-23)15-27-12-11-26-16-27/h1-3,5-6,9-12,14,16,20,22-23H,4,7-8,13,15H2. The van der Waals surface area contributed by atoms with E-state index in [-0.39, 0.29) is 18.5 Å². The Morgan fingerprint density at radius 1 is 1.14 bits per heavy atom. The van der Waals surface area contributed by atoms with Crippen LogP contribution in [-0.2, 0) is 22.4 Å². The highest BCUT2D eigenvalue weighted by molar-refractivity contribution is 6.35. The Balaban J connectivity index is 1.47. The number of aromatic nitrogens is 2. The number of hydrogen-bond acceptors (Lipinski definition) is 3. The molecule has 1 saturated heterocycles. The third-order valence-electron chi connectivity index (χ3n) is 5.19. The average Bonchev–Trinajstić information content (AvgIpc) is 3.23. The molecule has 2 heterocycles. The second-order valence-electron chi connectivity index (χ2n) is 7.35. The molecule has 0 spiro atoms. The van der Waals surface area contributed by atoms with Crippen LogP contribution in [0.2, 0.25) is 10.0 Å². The van der Waals surface area contributed by atoms with Crippen molar-refractivity contribution in [2.75, 3.05) is 0 Å². The first kappa shape index (κ1) is 20.4. The van der Waals surface area contributed by atoms with Gasteiger partial charge in [0.25, 0.3) is 0 Å². The second-order valence-corrected chi connectivity index (χ2v) is 8.20. The van der Waals surface area contributed by atoms with Crippen LogP contribution < -0.4 is 0 Å². The van der Waals surface area contributed by atoms with E-state index in [0.29, 0.717) is 16.5 Å². The smallest absolute Gasteiger partial charge is 0.158 e. The maximum atomic E-state index is 6.48. The number of rotatable bonds is 7. The van der Waals surface area contributed by atoms with Crippen molar-refractivity contribution in [3.05, 3.63) is 88.4 Å². The van der Waals surface area contributed by atoms with Crippen LogP contribution >= 0.6 is 23.2 Å². The summed E-state index contributed by atoms with van der Waals surface area (Å²) in [6.07, 6.45) is 8.96. The van der Waals surface area contributed by atoms with Crippen LogP contribution in [0.15, 0.2) is 67.3 Å². The maximum Gasteiger partial charge on any atom is 0.158 e. The lowest BCUT2D eigenvalue weighted by Crippen LogP contribution is -2.33. The number of ether oxygens (including phenoxy) is 2. The zero-order valence-corrected chi connectivity index (χ0v) is 17.6. The zero-order chi connectivity index (χ0) is 20.1. The fourth-order valence-electron chi connectivity index (χ4n) is 3.71. The van der Waals surface area contributed by atoms with Gasteiger partial charge < -0.3 is 14.0 Å². The van der Waals surface area contributed by atoms with Crippen molar-refractivity contribution < 1.29 is 9.47 Å². The summed E-state index contributed by atoms with van der Waals surface area (Å²) in [4.78, 5) is 4.11. The van der Waals surface area contributed by atoms with Gasteiger partial charge in [-0.2, -0.15) is 0 Å². The molecule has 0 radical (unpaired) electrons. The molecule has 0 aliphatic carbocycles. The van der Waals surface area contributed by atoms with E-state index in [1.54, 1.807) is 12.3 Å². The predicted molar refractivity (Wildman–Crippen MR) is 115 cm³/mol. The minimum atomic E-state index is -0.242. The quantitative estimate of drug-likeness (QED) is 0.455. The van der Waals surface area contributed by atoms with Gasteiger partial charge in [-0.3, -0.25) is 0 Å². The molecule has 1 aliphatic rings. The van der Waals surface area contributed by atoms with Gasteiger partial charge >= 0.3 is 0 Å². The van der Waals surface area contributed by atoms with Crippen molar-refractivity contribution in [1.29, 1.82) is 0 Å². The molecule has 0 bridgehead atoms. The highest BCUT2D eigenvalue weighted by atomic mass is 35.5. The van der Waals surface area contributed by atoms with Gasteiger partial charge in [0.2, 0.25) is 0 Å². The van der Waals surface area contributed by atoms with Gasteiger partial charge in [0.1, 0.15) is 0 Å². The molecule has 1 fully saturated rings. The summed E-state index contributed by atoms with van der Waals surface area (Å²) in [5.41, 5.74) is 2.12. The Labute approximate surface area is 181 Å². The minimum absolute atomic E-state index is 0.124. The molecule has 4 nitrogen and oxygen atoms in total. The molecule has 3 aromatic rings. The fraction of sp³-hybridized carbons (Fsp3) is 0.348. The van der Waals surface area contributed by atoms with Gasteiger partial charge in [0.05, 0.1) is 18.5 Å². The van der Waals surface area contributed by atoms with Crippen LogP contribution in [0, 0.1) is 0 Å². The largest absolute Gasteiger partial charge is 0.348 e. The van der Waals surface area contributed by atoms with E-state index in [1.807, 2.05) is 42.9 Å². The molecule has 1 aromatic heterocycles. The van der Waals surface area contributed by atoms with E-state index in [0.717, 1.165) is 36.9 Å². The van der Waals surface area contributed by atoms with E-state index in [2.05, 4.69) is 21.7 Å². The number of benzene rings is 2. The summed E-state index contributed by atoms with van der Waals surface area (Å²) in [7, 11) is 0. The van der Waals surface area contributed by atoms with Crippen molar-refractivity contribution in [2.24, 2.45) is 0 Å². The van der Waals surface area contributed by atoms with Crippen molar-refractivity contribution >= 4 is 23.2 Å². The van der Waals surface area contributed by atoms with E-state index in [1.165, 1.54) is 0 Å². The lowest BCUT2D eigenvalue weighted by atomic mass is 10.0. The summed E-state index contributed by atoms with van der Waals surface area (Å²) in [6, 6.07) is 15.8. The fourth-order valence-corrected chi connectivity index (χ4v) is 4.20. The monoisotopic (exact) mass is 430 g/mol. The number of hydrogen-bond donors (Lipinski definition) is 0. The third-order valence-corrected chi connectivity index (χ3v) is 5.78. The molecule has 6 heteroatoms. The van der Waals surface area contributed by atoms with E-state index in [4.69, 9.17) is 32.7 Å². The number of imidazole rings is 1. The average molecular weight is 431 g/mol. The van der Waals surface area contributed by atoms with Crippen LogP contribution in [-0.4, -0.2) is 21.9 Å². The van der Waals surface area contributed by atoms with E-state index in [9.17, 15) is 0 Å². The summed E-state index contributed by atoms with van der Waals surface area (Å²) >= 11 is 12.5. The van der Waals surface area contributed by atoms with Crippen LogP contribution in [0.4, 0.5) is 0 Å². The zero-order valence-electron chi connectivity index (χ0n) is 16.1. The topological polar surface area (TPSA) is 36.3 Å². The summed E-state index contributed by atoms with van der Waals surface area (Å²) in [6.45, 7) is 0.791. The number of nitrogens with zero attached hydrogens (tertiary/aromatic N) is 2. The molecule has 152 valence electrons. The lowest BCUT2D eigenvalue weighted by molar-refractivity contribution is -0.218. The van der Waals surface area contributed by atoms with Crippen LogP contribution in [0.3, 0.4) is 0 Å². The van der Waals surface area contributed by atoms with Crippen LogP contribution in [0.25, 0.3) is 0 Å². The molecule has 3 unspecified atom stereocenters. The highest BCUT2D eigenvalue weighted by Gasteiger charge is 2.27. The summed E-state index contributed by atoms with van der Waals surface area (Å²) < 4.78 is 14.8. The first-order valence-electron chi connectivity index (χ1n) is 9.93. The van der Waals surface area contributed by atoms with Crippen LogP contribution in [0.5, 0.6) is 0 Å². The van der Waals surface area contributed by atoms with E-state index >= 15 is 0 Å². The third kappa shape index (κ3) is 5.61. The summed E-state index contributed by atoms with van der Waals surface area (Å²) in [5.74, 6) is 0. The Morgan fingerprint density at radius 3 is 2.76 bits per heavy atom. The van der Waals surface area contributed by atoms with Gasteiger partial charge in [-0.1, -0.05) is 59.6 Å². The van der Waals surface area contributed by atoms with Crippen molar-refractivity contribution in [1.82, 2.24) is 9.55 Å². The van der Waals surface area contributed by atoms with Gasteiger partial charge in [-0.25, -0.2) is 4.98 Å². The Bertz CT molecular complexity index is 903. The molecule has 0 amide bonds. The minimum Gasteiger partial charge on any atom is -0.348 e. The molecule has 3 atom stereocenters. The second kappa shape index (κ2) is 9.77. The highest BCUT2D eigenvalue weighted by Crippen LogP contribution is 2.32. The lowest BCUT2D eigenvalue weighted by Gasteiger charge is -2.33. The van der Waals surface area contributed by atoms with E-state index < -0.39 is 0 Å². The number of halogens is 2. The molecule has 1 aliphatic heterocycles.